The zero-order chi connectivity index (χ0) is 26.1. The molecule has 1 heterocycles. The standard InChI is InChI=1S/C23H23F4N3O5/c1-22(2,3)35-21(33)29-14-5-7-16-17(9-14)34-18(10-19(28)31)20(32)30(16)11-12-8-13(23(25,26)27)4-6-15(12)24/h4-9,18H,10-11H2,1-3H3,(H2,28,31)(H,29,33). The van der Waals surface area contributed by atoms with Crippen LogP contribution in [0.25, 0.3) is 0 Å². The van der Waals surface area contributed by atoms with Gasteiger partial charge in [-0.1, -0.05) is 0 Å². The van der Waals surface area contributed by atoms with Crippen molar-refractivity contribution in [2.24, 2.45) is 5.73 Å². The fourth-order valence-corrected chi connectivity index (χ4v) is 3.34. The summed E-state index contributed by atoms with van der Waals surface area (Å²) in [6.45, 7) is 4.45. The molecule has 0 saturated carbocycles. The van der Waals surface area contributed by atoms with Gasteiger partial charge in [-0.05, 0) is 51.1 Å². The molecule has 1 aliphatic rings. The van der Waals surface area contributed by atoms with E-state index in [1.54, 1.807) is 20.8 Å². The van der Waals surface area contributed by atoms with Crippen LogP contribution in [0.1, 0.15) is 38.3 Å². The molecule has 2 aromatic carbocycles. The van der Waals surface area contributed by atoms with Crippen LogP contribution in [0.5, 0.6) is 5.75 Å². The lowest BCUT2D eigenvalue weighted by Gasteiger charge is -2.34. The van der Waals surface area contributed by atoms with Gasteiger partial charge in [0.2, 0.25) is 5.91 Å². The van der Waals surface area contributed by atoms with Gasteiger partial charge >= 0.3 is 12.3 Å². The fraction of sp³-hybridized carbons (Fsp3) is 0.348. The number of amides is 3. The molecule has 1 aliphatic heterocycles. The van der Waals surface area contributed by atoms with E-state index in [0.29, 0.717) is 18.2 Å². The van der Waals surface area contributed by atoms with Crippen molar-refractivity contribution in [1.82, 2.24) is 0 Å². The number of carbonyl (C=O) groups excluding carboxylic acids is 3. The molecule has 8 nitrogen and oxygen atoms in total. The van der Waals surface area contributed by atoms with E-state index >= 15 is 0 Å². The van der Waals surface area contributed by atoms with Gasteiger partial charge in [-0.25, -0.2) is 9.18 Å². The number of carbonyl (C=O) groups is 3. The Morgan fingerprint density at radius 1 is 1.14 bits per heavy atom. The number of nitrogens with one attached hydrogen (secondary N) is 1. The topological polar surface area (TPSA) is 111 Å². The predicted molar refractivity (Wildman–Crippen MR) is 117 cm³/mol. The van der Waals surface area contributed by atoms with Crippen molar-refractivity contribution >= 4 is 29.3 Å². The lowest BCUT2D eigenvalue weighted by atomic mass is 10.1. The van der Waals surface area contributed by atoms with Crippen LogP contribution in [-0.2, 0) is 27.0 Å². The minimum atomic E-state index is -4.72. The van der Waals surface area contributed by atoms with Crippen molar-refractivity contribution in [3.05, 3.63) is 53.3 Å². The first-order valence-corrected chi connectivity index (χ1v) is 10.4. The fourth-order valence-electron chi connectivity index (χ4n) is 3.34. The molecule has 1 unspecified atom stereocenters. The van der Waals surface area contributed by atoms with Crippen LogP contribution in [0.2, 0.25) is 0 Å². The van der Waals surface area contributed by atoms with Crippen LogP contribution in [0.3, 0.4) is 0 Å². The van der Waals surface area contributed by atoms with Crippen molar-refractivity contribution in [2.45, 2.75) is 51.6 Å². The molecule has 0 fully saturated rings. The largest absolute Gasteiger partial charge is 0.478 e. The monoisotopic (exact) mass is 497 g/mol. The molecule has 35 heavy (non-hydrogen) atoms. The number of rotatable bonds is 5. The normalized spacial score (nSPS) is 15.8. The maximum atomic E-state index is 14.4. The Balaban J connectivity index is 1.97. The highest BCUT2D eigenvalue weighted by atomic mass is 19.4. The lowest BCUT2D eigenvalue weighted by molar-refractivity contribution is -0.137. The summed E-state index contributed by atoms with van der Waals surface area (Å²) in [4.78, 5) is 37.5. The highest BCUT2D eigenvalue weighted by Gasteiger charge is 2.37. The molecule has 0 saturated heterocycles. The van der Waals surface area contributed by atoms with Crippen LogP contribution >= 0.6 is 0 Å². The van der Waals surface area contributed by atoms with Crippen LogP contribution < -0.4 is 20.7 Å². The van der Waals surface area contributed by atoms with Gasteiger partial charge in [0.15, 0.2) is 6.10 Å². The van der Waals surface area contributed by atoms with Gasteiger partial charge < -0.3 is 20.1 Å². The molecule has 0 radical (unpaired) electrons. The van der Waals surface area contributed by atoms with Gasteiger partial charge in [0.05, 0.1) is 24.2 Å². The number of anilines is 2. The third-order valence-corrected chi connectivity index (χ3v) is 4.79. The Labute approximate surface area is 198 Å². The summed E-state index contributed by atoms with van der Waals surface area (Å²) in [5, 5.41) is 2.49. The summed E-state index contributed by atoms with van der Waals surface area (Å²) in [6.07, 6.45) is -7.40. The second kappa shape index (κ2) is 9.43. The zero-order valence-corrected chi connectivity index (χ0v) is 19.0. The van der Waals surface area contributed by atoms with E-state index in [4.69, 9.17) is 15.2 Å². The van der Waals surface area contributed by atoms with Crippen LogP contribution in [0.4, 0.5) is 33.7 Å². The molecule has 0 spiro atoms. The van der Waals surface area contributed by atoms with Crippen LogP contribution in [0, 0.1) is 5.82 Å². The highest BCUT2D eigenvalue weighted by molar-refractivity contribution is 6.02. The third kappa shape index (κ3) is 6.40. The van der Waals surface area contributed by atoms with Gasteiger partial charge in [-0.15, -0.1) is 0 Å². The molecule has 0 aliphatic carbocycles. The molecule has 0 bridgehead atoms. The van der Waals surface area contributed by atoms with Gasteiger partial charge in [0.25, 0.3) is 5.91 Å². The van der Waals surface area contributed by atoms with E-state index in [1.165, 1.54) is 18.2 Å². The number of primary amides is 1. The minimum absolute atomic E-state index is 0.0248. The van der Waals surface area contributed by atoms with E-state index in [-0.39, 0.29) is 17.1 Å². The zero-order valence-electron chi connectivity index (χ0n) is 19.0. The van der Waals surface area contributed by atoms with Gasteiger partial charge in [-0.2, -0.15) is 13.2 Å². The Hall–Kier alpha value is -3.83. The van der Waals surface area contributed by atoms with Gasteiger partial charge in [-0.3, -0.25) is 14.9 Å². The number of halogens is 4. The van der Waals surface area contributed by atoms with Crippen molar-refractivity contribution in [2.75, 3.05) is 10.2 Å². The third-order valence-electron chi connectivity index (χ3n) is 4.79. The number of nitrogens with two attached hydrogens (primary N) is 1. The summed E-state index contributed by atoms with van der Waals surface area (Å²) in [7, 11) is 0. The summed E-state index contributed by atoms with van der Waals surface area (Å²) in [6, 6.07) is 5.99. The summed E-state index contributed by atoms with van der Waals surface area (Å²) < 4.78 is 64.6. The quantitative estimate of drug-likeness (QED) is 0.597. The Kier molecular flexibility index (Phi) is 6.95. The molecule has 3 rings (SSSR count). The Bertz CT molecular complexity index is 1160. The Morgan fingerprint density at radius 2 is 1.83 bits per heavy atom. The molecule has 3 amide bonds. The molecule has 12 heteroatoms. The average Bonchev–Trinajstić information content (AvgIpc) is 2.69. The molecule has 3 N–H and O–H groups in total. The number of alkyl halides is 3. The van der Waals surface area contributed by atoms with E-state index in [2.05, 4.69) is 5.32 Å². The molecular formula is C23H23F4N3O5. The second-order valence-electron chi connectivity index (χ2n) is 8.81. The molecular weight excluding hydrogens is 474 g/mol. The van der Waals surface area contributed by atoms with Gasteiger partial charge in [0, 0.05) is 17.3 Å². The van der Waals surface area contributed by atoms with E-state index in [9.17, 15) is 31.9 Å². The number of fused-ring (bicyclic) bond motifs is 1. The average molecular weight is 497 g/mol. The van der Waals surface area contributed by atoms with E-state index in [1.807, 2.05) is 0 Å². The number of ether oxygens (including phenoxy) is 2. The minimum Gasteiger partial charge on any atom is -0.478 e. The first-order chi connectivity index (χ1) is 16.1. The maximum absolute atomic E-state index is 14.4. The van der Waals surface area contributed by atoms with E-state index < -0.39 is 65.7 Å². The smallest absolute Gasteiger partial charge is 0.416 e. The summed E-state index contributed by atoms with van der Waals surface area (Å²) >= 11 is 0. The van der Waals surface area contributed by atoms with Crippen molar-refractivity contribution < 1.29 is 41.4 Å². The lowest BCUT2D eigenvalue weighted by Crippen LogP contribution is -2.47. The Morgan fingerprint density at radius 3 is 2.43 bits per heavy atom. The predicted octanol–water partition coefficient (Wildman–Crippen LogP) is 4.36. The molecule has 188 valence electrons. The number of benzene rings is 2. The first kappa shape index (κ1) is 25.8. The van der Waals surface area contributed by atoms with Crippen molar-refractivity contribution in [3.8, 4) is 5.75 Å². The second-order valence-corrected chi connectivity index (χ2v) is 8.81. The molecule has 0 aromatic heterocycles. The number of hydrogen-bond acceptors (Lipinski definition) is 5. The van der Waals surface area contributed by atoms with Crippen molar-refractivity contribution in [3.63, 3.8) is 0 Å². The SMILES string of the molecule is CC(C)(C)OC(=O)Nc1ccc2c(c1)OC(CC(N)=O)C(=O)N2Cc1cc(C(F)(F)F)ccc1F. The van der Waals surface area contributed by atoms with Gasteiger partial charge in [0.1, 0.15) is 17.2 Å². The van der Waals surface area contributed by atoms with E-state index in [0.717, 1.165) is 4.90 Å². The summed E-state index contributed by atoms with van der Waals surface area (Å²) in [5.74, 6) is -2.58. The molecule has 1 atom stereocenters. The number of hydrogen-bond donors (Lipinski definition) is 2. The highest BCUT2D eigenvalue weighted by Crippen LogP contribution is 2.39. The van der Waals surface area contributed by atoms with Crippen LogP contribution in [-0.4, -0.2) is 29.6 Å². The summed E-state index contributed by atoms with van der Waals surface area (Å²) in [5.41, 5.74) is 3.28. The molecule has 2 aromatic rings. The number of nitrogens with zero attached hydrogens (tertiary/aromatic N) is 1. The first-order valence-electron chi connectivity index (χ1n) is 10.4. The van der Waals surface area contributed by atoms with Crippen LogP contribution in [0.15, 0.2) is 36.4 Å². The van der Waals surface area contributed by atoms with Crippen molar-refractivity contribution in [1.29, 1.82) is 0 Å². The maximum Gasteiger partial charge on any atom is 0.416 e.